The zero-order valence-electron chi connectivity index (χ0n) is 30.0. The number of aromatic nitrogens is 5. The molecule has 2 saturated heterocycles. The van der Waals surface area contributed by atoms with E-state index in [-0.39, 0.29) is 35.9 Å². The Bertz CT molecular complexity index is 1960. The minimum Gasteiger partial charge on any atom is -0.473 e. The van der Waals surface area contributed by atoms with Crippen LogP contribution in [-0.2, 0) is 27.7 Å². The van der Waals surface area contributed by atoms with E-state index in [1.165, 1.54) is 11.3 Å². The number of hydrogen-bond donors (Lipinski definition) is 1. The number of nitrogen functional groups attached to an aromatic ring is 1. The Morgan fingerprint density at radius 1 is 1.33 bits per heavy atom. The molecule has 0 aromatic carbocycles. The molecular formula is C36H45N9O5S. The van der Waals surface area contributed by atoms with Gasteiger partial charge in [0.05, 0.1) is 42.4 Å². The summed E-state index contributed by atoms with van der Waals surface area (Å²) in [4.78, 5) is 28.2. The molecule has 7 rings (SSSR count). The second-order valence-corrected chi connectivity index (χ2v) is 15.2. The molecule has 14 nitrogen and oxygen atoms in total. The van der Waals surface area contributed by atoms with Crippen molar-refractivity contribution in [2.24, 2.45) is 0 Å². The molecule has 0 spiro atoms. The van der Waals surface area contributed by atoms with Crippen LogP contribution in [0, 0.1) is 11.3 Å². The predicted octanol–water partition coefficient (Wildman–Crippen LogP) is 4.38. The Labute approximate surface area is 301 Å². The van der Waals surface area contributed by atoms with Crippen LogP contribution in [0.1, 0.15) is 84.3 Å². The third-order valence-corrected chi connectivity index (χ3v) is 11.8. The molecule has 0 radical (unpaired) electrons. The fourth-order valence-corrected chi connectivity index (χ4v) is 9.08. The Hall–Kier alpha value is -4.36. The van der Waals surface area contributed by atoms with Gasteiger partial charge in [-0.05, 0) is 64.6 Å². The van der Waals surface area contributed by atoms with Gasteiger partial charge in [0, 0.05) is 43.4 Å². The minimum absolute atomic E-state index is 0.0129. The van der Waals surface area contributed by atoms with Crippen LogP contribution in [0.4, 0.5) is 5.00 Å². The van der Waals surface area contributed by atoms with Crippen LogP contribution in [0.2, 0.25) is 0 Å². The summed E-state index contributed by atoms with van der Waals surface area (Å²) in [6, 6.07) is 5.80. The number of hydrogen-bond acceptors (Lipinski definition) is 13. The summed E-state index contributed by atoms with van der Waals surface area (Å²) >= 11 is 1.49. The van der Waals surface area contributed by atoms with Gasteiger partial charge in [0.2, 0.25) is 5.88 Å². The van der Waals surface area contributed by atoms with Crippen LogP contribution in [0.5, 0.6) is 5.88 Å². The first kappa shape index (κ1) is 35.1. The Kier molecular flexibility index (Phi) is 9.61. The van der Waals surface area contributed by atoms with Crippen molar-refractivity contribution < 1.29 is 23.5 Å². The molecule has 4 aromatic rings. The molecule has 0 unspecified atom stereocenters. The van der Waals surface area contributed by atoms with Gasteiger partial charge in [-0.3, -0.25) is 9.69 Å². The zero-order valence-corrected chi connectivity index (χ0v) is 30.8. The number of rotatable bonds is 11. The lowest BCUT2D eigenvalue weighted by Gasteiger charge is -2.34. The van der Waals surface area contributed by atoms with Crippen LogP contribution >= 0.6 is 11.3 Å². The van der Waals surface area contributed by atoms with Gasteiger partial charge in [-0.15, -0.1) is 11.3 Å². The normalized spacial score (nSPS) is 22.7. The monoisotopic (exact) mass is 715 g/mol. The molecule has 0 saturated carbocycles. The van der Waals surface area contributed by atoms with E-state index in [9.17, 15) is 10.1 Å². The maximum absolute atomic E-state index is 13.3. The van der Waals surface area contributed by atoms with Crippen molar-refractivity contribution in [3.05, 3.63) is 51.4 Å². The molecule has 270 valence electrons. The second kappa shape index (κ2) is 14.0. The third kappa shape index (κ3) is 6.18. The lowest BCUT2D eigenvalue weighted by Crippen LogP contribution is -2.49. The molecule has 15 heteroatoms. The Morgan fingerprint density at radius 2 is 2.14 bits per heavy atom. The minimum atomic E-state index is -0.606. The number of likely N-dealkylation sites (N-methyl/N-ethyl adjacent to an activating group) is 2. The lowest BCUT2D eigenvalue weighted by molar-refractivity contribution is -0.0469. The van der Waals surface area contributed by atoms with Gasteiger partial charge >= 0.3 is 0 Å². The number of carbonyl (C=O) groups excluding carboxylic acids is 1. The summed E-state index contributed by atoms with van der Waals surface area (Å²) in [6.45, 7) is 8.15. The molecule has 51 heavy (non-hydrogen) atoms. The van der Waals surface area contributed by atoms with Crippen LogP contribution in [0.3, 0.4) is 0 Å². The van der Waals surface area contributed by atoms with E-state index < -0.39 is 5.41 Å². The standard InChI is InChI=1S/C36H45N9O5S/c1-7-9-22-30(42-50-32(22)36(3)13-8-10-26-29(36)23(17-37)33(38)51-26)34-39-27(45-15-11-24(41-45)35(46)44(5)21-18-48-19-21)16-28(40-34)49-20(2)31-25(47-6)12-14-43(31)4/h11,15-16,20-21,25,31H,7-10,12-14,18-19,38H2,1-6H3/t20-,25-,31+,36-/m0/s1. The van der Waals surface area contributed by atoms with E-state index >= 15 is 0 Å². The van der Waals surface area contributed by atoms with Crippen molar-refractivity contribution in [2.45, 2.75) is 89.0 Å². The van der Waals surface area contributed by atoms with Crippen molar-refractivity contribution in [1.29, 1.82) is 5.26 Å². The summed E-state index contributed by atoms with van der Waals surface area (Å²) < 4.78 is 25.5. The van der Waals surface area contributed by atoms with E-state index in [1.54, 1.807) is 42.1 Å². The second-order valence-electron chi connectivity index (χ2n) is 14.0. The van der Waals surface area contributed by atoms with Gasteiger partial charge in [-0.2, -0.15) is 15.3 Å². The summed E-state index contributed by atoms with van der Waals surface area (Å²) in [5.74, 6) is 1.56. The number of fused-ring (bicyclic) bond motifs is 1. The molecule has 0 bridgehead atoms. The van der Waals surface area contributed by atoms with E-state index in [2.05, 4.69) is 42.1 Å². The topological polar surface area (TPSA) is 171 Å². The summed E-state index contributed by atoms with van der Waals surface area (Å²) in [7, 11) is 5.56. The highest BCUT2D eigenvalue weighted by molar-refractivity contribution is 7.16. The number of carbonyl (C=O) groups is 1. The van der Waals surface area contributed by atoms with Crippen molar-refractivity contribution in [1.82, 2.24) is 34.7 Å². The number of aryl methyl sites for hydroxylation is 1. The quantitative estimate of drug-likeness (QED) is 0.233. The van der Waals surface area contributed by atoms with E-state index in [4.69, 9.17) is 34.4 Å². The number of amides is 1. The SMILES string of the molecule is CCCc1c(-c2nc(O[C@@H](C)[C@@H]3[C@@H](OC)CCN3C)cc(-n3ccc(C(=O)N(C)C4COC4)n3)n2)noc1[C@@]1(C)CCCc2sc(N)c(C#N)c21. The van der Waals surface area contributed by atoms with Gasteiger partial charge in [0.1, 0.15) is 17.2 Å². The average Bonchev–Trinajstić information content (AvgIpc) is 3.88. The van der Waals surface area contributed by atoms with Gasteiger partial charge in [-0.1, -0.05) is 18.5 Å². The fraction of sp³-hybridized carbons (Fsp3) is 0.556. The molecule has 2 N–H and O–H groups in total. The van der Waals surface area contributed by atoms with Crippen molar-refractivity contribution >= 4 is 22.2 Å². The van der Waals surface area contributed by atoms with Crippen LogP contribution in [0.25, 0.3) is 17.3 Å². The van der Waals surface area contributed by atoms with Crippen LogP contribution in [-0.4, -0.2) is 106 Å². The van der Waals surface area contributed by atoms with Crippen LogP contribution < -0.4 is 10.5 Å². The Morgan fingerprint density at radius 3 is 2.84 bits per heavy atom. The lowest BCUT2D eigenvalue weighted by atomic mass is 9.69. The van der Waals surface area contributed by atoms with E-state index in [1.807, 2.05) is 6.92 Å². The van der Waals surface area contributed by atoms with Gasteiger partial charge < -0.3 is 29.4 Å². The maximum atomic E-state index is 13.3. The summed E-state index contributed by atoms with van der Waals surface area (Å²) in [6.07, 6.45) is 6.41. The number of nitrogens with zero attached hydrogens (tertiary/aromatic N) is 8. The van der Waals surface area contributed by atoms with Crippen molar-refractivity contribution in [2.75, 3.05) is 46.7 Å². The number of thiophene rings is 1. The molecule has 2 aliphatic heterocycles. The first-order valence-electron chi connectivity index (χ1n) is 17.6. The molecule has 4 aromatic heterocycles. The first-order valence-corrected chi connectivity index (χ1v) is 18.4. The van der Waals surface area contributed by atoms with Gasteiger partial charge in [-0.25, -0.2) is 9.67 Å². The summed E-state index contributed by atoms with van der Waals surface area (Å²) in [5, 5.41) is 19.9. The number of nitrogens with two attached hydrogens (primary N) is 1. The third-order valence-electron chi connectivity index (χ3n) is 10.7. The highest BCUT2D eigenvalue weighted by Gasteiger charge is 2.44. The van der Waals surface area contributed by atoms with Gasteiger partial charge in [0.15, 0.2) is 28.8 Å². The summed E-state index contributed by atoms with van der Waals surface area (Å²) in [5.41, 5.74) is 8.88. The number of ether oxygens (including phenoxy) is 3. The predicted molar refractivity (Wildman–Crippen MR) is 190 cm³/mol. The number of likely N-dealkylation sites (tertiary alicyclic amines) is 1. The van der Waals surface area contributed by atoms with Crippen LogP contribution in [0.15, 0.2) is 22.9 Å². The molecular weight excluding hydrogens is 671 g/mol. The maximum Gasteiger partial charge on any atom is 0.274 e. The van der Waals surface area contributed by atoms with Crippen molar-refractivity contribution in [3.8, 4) is 29.3 Å². The van der Waals surface area contributed by atoms with Gasteiger partial charge in [0.25, 0.3) is 5.91 Å². The fourth-order valence-electron chi connectivity index (χ4n) is 7.89. The van der Waals surface area contributed by atoms with E-state index in [0.717, 1.165) is 54.7 Å². The average molecular weight is 716 g/mol. The molecule has 3 aliphatic rings. The largest absolute Gasteiger partial charge is 0.473 e. The Balaban J connectivity index is 1.32. The smallest absolute Gasteiger partial charge is 0.274 e. The highest BCUT2D eigenvalue weighted by atomic mass is 32.1. The first-order chi connectivity index (χ1) is 24.6. The number of anilines is 1. The number of nitriles is 1. The highest BCUT2D eigenvalue weighted by Crippen LogP contribution is 2.50. The molecule has 1 amide bonds. The zero-order chi connectivity index (χ0) is 36.0. The molecule has 1 aliphatic carbocycles. The molecule has 4 atom stereocenters. The van der Waals surface area contributed by atoms with Crippen molar-refractivity contribution in [3.63, 3.8) is 0 Å². The molecule has 2 fully saturated rings. The number of methoxy groups -OCH3 is 1. The molecule has 6 heterocycles. The van der Waals surface area contributed by atoms with E-state index in [0.29, 0.717) is 59.2 Å².